The smallest absolute Gasteiger partial charge is 0.257 e. The van der Waals surface area contributed by atoms with Crippen molar-refractivity contribution in [3.8, 4) is 5.75 Å². The second-order valence-corrected chi connectivity index (χ2v) is 9.08. The molecule has 0 spiro atoms. The van der Waals surface area contributed by atoms with Gasteiger partial charge in [0.15, 0.2) is 5.11 Å². The van der Waals surface area contributed by atoms with Gasteiger partial charge in [0.1, 0.15) is 5.75 Å². The SMILES string of the molecule is CC(NC(=O)c1ccccc1NC(=S)NC(=O)c1ccc(OCCc2ccccc2)cc1)c1ccccc1. The molecule has 0 fully saturated rings. The van der Waals surface area contributed by atoms with E-state index in [1.807, 2.05) is 55.5 Å². The summed E-state index contributed by atoms with van der Waals surface area (Å²) in [6.45, 7) is 2.47. The summed E-state index contributed by atoms with van der Waals surface area (Å²) >= 11 is 5.35. The first-order chi connectivity index (χ1) is 18.5. The predicted molar refractivity (Wildman–Crippen MR) is 155 cm³/mol. The van der Waals surface area contributed by atoms with Crippen LogP contribution in [-0.2, 0) is 6.42 Å². The number of anilines is 1. The van der Waals surface area contributed by atoms with Gasteiger partial charge in [-0.15, -0.1) is 0 Å². The maximum atomic E-state index is 13.0. The molecular formula is C31H29N3O3S. The van der Waals surface area contributed by atoms with Gasteiger partial charge in [-0.25, -0.2) is 0 Å². The van der Waals surface area contributed by atoms with Gasteiger partial charge in [0.25, 0.3) is 11.8 Å². The van der Waals surface area contributed by atoms with Crippen molar-refractivity contribution in [2.75, 3.05) is 11.9 Å². The fraction of sp³-hybridized carbons (Fsp3) is 0.129. The van der Waals surface area contributed by atoms with E-state index < -0.39 is 0 Å². The second-order valence-electron chi connectivity index (χ2n) is 8.67. The van der Waals surface area contributed by atoms with E-state index in [0.717, 1.165) is 12.0 Å². The van der Waals surface area contributed by atoms with Crippen LogP contribution in [0.25, 0.3) is 0 Å². The Morgan fingerprint density at radius 1 is 0.789 bits per heavy atom. The molecule has 0 bridgehead atoms. The quantitative estimate of drug-likeness (QED) is 0.237. The summed E-state index contributed by atoms with van der Waals surface area (Å²) in [7, 11) is 0. The molecule has 38 heavy (non-hydrogen) atoms. The minimum Gasteiger partial charge on any atom is -0.493 e. The molecular weight excluding hydrogens is 494 g/mol. The van der Waals surface area contributed by atoms with Crippen LogP contribution in [0.4, 0.5) is 5.69 Å². The highest BCUT2D eigenvalue weighted by atomic mass is 32.1. The molecule has 0 heterocycles. The molecule has 4 aromatic carbocycles. The van der Waals surface area contributed by atoms with Gasteiger partial charge in [0.05, 0.1) is 23.9 Å². The van der Waals surface area contributed by atoms with Crippen molar-refractivity contribution in [3.63, 3.8) is 0 Å². The van der Waals surface area contributed by atoms with Crippen LogP contribution in [0.3, 0.4) is 0 Å². The van der Waals surface area contributed by atoms with Crippen molar-refractivity contribution in [1.82, 2.24) is 10.6 Å². The van der Waals surface area contributed by atoms with E-state index in [4.69, 9.17) is 17.0 Å². The van der Waals surface area contributed by atoms with E-state index in [1.165, 1.54) is 5.56 Å². The number of carbonyl (C=O) groups is 2. The summed E-state index contributed by atoms with van der Waals surface area (Å²) < 4.78 is 5.79. The number of para-hydroxylation sites is 1. The Labute approximate surface area is 228 Å². The first kappa shape index (κ1) is 26.6. The topological polar surface area (TPSA) is 79.5 Å². The lowest BCUT2D eigenvalue weighted by Crippen LogP contribution is -2.35. The number of hydrogen-bond donors (Lipinski definition) is 3. The molecule has 0 aliphatic carbocycles. The zero-order chi connectivity index (χ0) is 26.7. The third-order valence-electron chi connectivity index (χ3n) is 5.91. The Bertz CT molecular complexity index is 1380. The number of rotatable bonds is 9. The van der Waals surface area contributed by atoms with Crippen molar-refractivity contribution in [1.29, 1.82) is 0 Å². The van der Waals surface area contributed by atoms with Gasteiger partial charge >= 0.3 is 0 Å². The van der Waals surface area contributed by atoms with Crippen LogP contribution in [0.1, 0.15) is 44.8 Å². The molecule has 192 valence electrons. The van der Waals surface area contributed by atoms with Crippen molar-refractivity contribution in [2.24, 2.45) is 0 Å². The fourth-order valence-electron chi connectivity index (χ4n) is 3.85. The van der Waals surface area contributed by atoms with E-state index in [2.05, 4.69) is 28.1 Å². The minimum atomic E-state index is -0.363. The molecule has 4 rings (SSSR count). The Balaban J connectivity index is 1.30. The normalized spacial score (nSPS) is 11.2. The zero-order valence-corrected chi connectivity index (χ0v) is 21.8. The highest BCUT2D eigenvalue weighted by Crippen LogP contribution is 2.18. The molecule has 4 aromatic rings. The molecule has 1 atom stereocenters. The number of thiocarbonyl (C=S) groups is 1. The average Bonchev–Trinajstić information content (AvgIpc) is 2.94. The van der Waals surface area contributed by atoms with E-state index in [9.17, 15) is 9.59 Å². The van der Waals surface area contributed by atoms with Crippen LogP contribution >= 0.6 is 12.2 Å². The van der Waals surface area contributed by atoms with Crippen molar-refractivity contribution in [3.05, 3.63) is 131 Å². The molecule has 2 amide bonds. The maximum Gasteiger partial charge on any atom is 0.257 e. The Morgan fingerprint density at radius 3 is 2.13 bits per heavy atom. The zero-order valence-electron chi connectivity index (χ0n) is 21.0. The monoisotopic (exact) mass is 523 g/mol. The molecule has 0 aliphatic heterocycles. The summed E-state index contributed by atoms with van der Waals surface area (Å²) in [5.74, 6) is 0.0715. The van der Waals surface area contributed by atoms with E-state index in [0.29, 0.717) is 29.2 Å². The number of amides is 2. The molecule has 0 aromatic heterocycles. The van der Waals surface area contributed by atoms with Crippen LogP contribution in [0.15, 0.2) is 109 Å². The van der Waals surface area contributed by atoms with Gasteiger partial charge in [-0.05, 0) is 66.7 Å². The molecule has 0 saturated heterocycles. The van der Waals surface area contributed by atoms with Gasteiger partial charge in [-0.1, -0.05) is 72.8 Å². The average molecular weight is 524 g/mol. The fourth-order valence-corrected chi connectivity index (χ4v) is 4.06. The van der Waals surface area contributed by atoms with E-state index >= 15 is 0 Å². The third kappa shape index (κ3) is 7.51. The molecule has 1 unspecified atom stereocenters. The molecule has 7 heteroatoms. The Morgan fingerprint density at radius 2 is 1.42 bits per heavy atom. The summed E-state index contributed by atoms with van der Waals surface area (Å²) in [5.41, 5.74) is 3.56. The predicted octanol–water partition coefficient (Wildman–Crippen LogP) is 5.93. The number of benzene rings is 4. The molecule has 6 nitrogen and oxygen atoms in total. The first-order valence-electron chi connectivity index (χ1n) is 12.3. The minimum absolute atomic E-state index is 0.0922. The summed E-state index contributed by atoms with van der Waals surface area (Å²) in [4.78, 5) is 25.7. The van der Waals surface area contributed by atoms with Gasteiger partial charge in [-0.3, -0.25) is 14.9 Å². The van der Waals surface area contributed by atoms with Gasteiger partial charge < -0.3 is 15.4 Å². The summed E-state index contributed by atoms with van der Waals surface area (Å²) in [6.07, 6.45) is 0.799. The molecule has 0 saturated carbocycles. The highest BCUT2D eigenvalue weighted by Gasteiger charge is 2.16. The van der Waals surface area contributed by atoms with Crippen molar-refractivity contribution < 1.29 is 14.3 Å². The number of hydrogen-bond acceptors (Lipinski definition) is 4. The van der Waals surface area contributed by atoms with E-state index in [1.54, 1.807) is 48.5 Å². The van der Waals surface area contributed by atoms with Crippen molar-refractivity contribution >= 4 is 34.8 Å². The number of carbonyl (C=O) groups excluding carboxylic acids is 2. The maximum absolute atomic E-state index is 13.0. The second kappa shape index (κ2) is 13.2. The largest absolute Gasteiger partial charge is 0.493 e. The van der Waals surface area contributed by atoms with Crippen molar-refractivity contribution in [2.45, 2.75) is 19.4 Å². The van der Waals surface area contributed by atoms with Gasteiger partial charge in [0.2, 0.25) is 0 Å². The summed E-state index contributed by atoms with van der Waals surface area (Å²) in [6, 6.07) is 33.5. The van der Waals surface area contributed by atoms with Crippen LogP contribution in [0.5, 0.6) is 5.75 Å². The number of ether oxygens (including phenoxy) is 1. The number of nitrogens with one attached hydrogen (secondary N) is 3. The lowest BCUT2D eigenvalue weighted by atomic mass is 10.1. The van der Waals surface area contributed by atoms with Crippen LogP contribution < -0.4 is 20.7 Å². The standard InChI is InChI=1S/C31H29N3O3S/c1-22(24-12-6-3-7-13-24)32-30(36)27-14-8-9-15-28(27)33-31(38)34-29(35)25-16-18-26(19-17-25)37-21-20-23-10-4-2-5-11-23/h2-19,22H,20-21H2,1H3,(H,32,36)(H2,33,34,35,38). The lowest BCUT2D eigenvalue weighted by Gasteiger charge is -2.17. The Kier molecular flexibility index (Phi) is 9.21. The summed E-state index contributed by atoms with van der Waals surface area (Å²) in [5, 5.41) is 8.74. The molecule has 3 N–H and O–H groups in total. The third-order valence-corrected chi connectivity index (χ3v) is 6.12. The highest BCUT2D eigenvalue weighted by molar-refractivity contribution is 7.80. The van der Waals surface area contributed by atoms with Crippen LogP contribution in [0, 0.1) is 0 Å². The lowest BCUT2D eigenvalue weighted by molar-refractivity contribution is 0.0939. The first-order valence-corrected chi connectivity index (χ1v) is 12.7. The van der Waals surface area contributed by atoms with E-state index in [-0.39, 0.29) is 23.0 Å². The Hall–Kier alpha value is -4.49. The van der Waals surface area contributed by atoms with Gasteiger partial charge in [-0.2, -0.15) is 0 Å². The molecule has 0 aliphatic rings. The molecule has 0 radical (unpaired) electrons. The van der Waals surface area contributed by atoms with Crippen LogP contribution in [0.2, 0.25) is 0 Å². The van der Waals surface area contributed by atoms with Gasteiger partial charge in [0, 0.05) is 12.0 Å². The van der Waals surface area contributed by atoms with Crippen LogP contribution in [-0.4, -0.2) is 23.5 Å².